The molecule has 0 atom stereocenters. The van der Waals surface area contributed by atoms with Crippen LogP contribution in [0.1, 0.15) is 0 Å². The van der Waals surface area contributed by atoms with Crippen LogP contribution in [-0.4, -0.2) is 44.1 Å². The average molecular weight is 530 g/mol. The van der Waals surface area contributed by atoms with Crippen LogP contribution < -0.4 is 28.7 Å². The molecule has 0 aromatic carbocycles. The van der Waals surface area contributed by atoms with E-state index in [0.29, 0.717) is 0 Å². The molecule has 0 N–H and O–H groups in total. The molecular weight excluding hydrogens is 523 g/mol. The average Bonchev–Trinajstić information content (AvgIpc) is 2.39. The second kappa shape index (κ2) is 16.0. The molecule has 0 aliphatic rings. The van der Waals surface area contributed by atoms with Gasteiger partial charge in [0.15, 0.2) is 0 Å². The summed E-state index contributed by atoms with van der Waals surface area (Å²) >= 11 is 26.8. The number of halogens is 6. The minimum Gasteiger partial charge on any atom is -0.857 e. The minimum absolute atomic E-state index is 0. The van der Waals surface area contributed by atoms with Crippen molar-refractivity contribution in [2.45, 2.75) is 0 Å². The fraction of sp³-hybridized carbons (Fsp3) is 0.250. The van der Waals surface area contributed by atoms with E-state index in [4.69, 9.17) is 63.1 Å². The summed E-state index contributed by atoms with van der Waals surface area (Å²) in [6, 6.07) is 0.116. The number of ether oxygens (including phenoxy) is 1. The Kier molecular flexibility index (Phi) is 19.8. The van der Waals surface area contributed by atoms with Gasteiger partial charge in [-0.15, -0.1) is 24.0 Å². The van der Waals surface area contributed by atoms with E-state index in [1.54, 1.807) is 0 Å². The standard InChI is InChI=1S/C4H3Cl2N3O.C3Cl3N3.CH3O.HI.Li/c1-10-4-8-2(5)7-3(6)9-4;4-1-7-2(5)9-3(6)8-1;1-2;;/h1H3;;1H3;1H;/q;;-1;;+1. The zero-order chi connectivity index (χ0) is 16.4. The van der Waals surface area contributed by atoms with Gasteiger partial charge < -0.3 is 9.84 Å². The molecule has 8 nitrogen and oxygen atoms in total. The van der Waals surface area contributed by atoms with Crippen LogP contribution >= 0.6 is 82.0 Å². The van der Waals surface area contributed by atoms with E-state index >= 15 is 0 Å². The van der Waals surface area contributed by atoms with E-state index in [1.165, 1.54) is 7.11 Å². The van der Waals surface area contributed by atoms with E-state index < -0.39 is 0 Å². The first kappa shape index (κ1) is 28.4. The summed E-state index contributed by atoms with van der Waals surface area (Å²) in [4.78, 5) is 21.1. The Bertz CT molecular complexity index is 516. The largest absolute Gasteiger partial charge is 1.00 e. The molecule has 2 aromatic heterocycles. The van der Waals surface area contributed by atoms with Crippen molar-refractivity contribution in [2.75, 3.05) is 14.2 Å². The summed E-state index contributed by atoms with van der Waals surface area (Å²) in [7, 11) is 2.17. The Morgan fingerprint density at radius 3 is 1.09 bits per heavy atom. The van der Waals surface area contributed by atoms with Crippen LogP contribution in [0.2, 0.25) is 26.4 Å². The van der Waals surface area contributed by atoms with Gasteiger partial charge in [-0.1, -0.05) is 0 Å². The summed E-state index contributed by atoms with van der Waals surface area (Å²) in [6.07, 6.45) is 0. The van der Waals surface area contributed by atoms with Crippen molar-refractivity contribution in [1.82, 2.24) is 29.9 Å². The number of nitrogens with zero attached hydrogens (tertiary/aromatic N) is 6. The van der Waals surface area contributed by atoms with Gasteiger partial charge >= 0.3 is 24.9 Å². The second-order valence-electron chi connectivity index (χ2n) is 2.50. The van der Waals surface area contributed by atoms with Crippen molar-refractivity contribution in [3.63, 3.8) is 0 Å². The van der Waals surface area contributed by atoms with Crippen molar-refractivity contribution >= 4 is 82.0 Å². The Balaban J connectivity index is -0.000000292. The monoisotopic (exact) mass is 528 g/mol. The van der Waals surface area contributed by atoms with E-state index in [9.17, 15) is 0 Å². The zero-order valence-electron chi connectivity index (χ0n) is 11.8. The van der Waals surface area contributed by atoms with Gasteiger partial charge in [-0.3, -0.25) is 0 Å². The fourth-order valence-electron chi connectivity index (χ4n) is 0.704. The number of aromatic nitrogens is 6. The maximum absolute atomic E-state index is 8.25. The molecule has 124 valence electrons. The summed E-state index contributed by atoms with van der Waals surface area (Å²) in [5.74, 6) is 0. The SMILES string of the molecule is COc1nc(Cl)nc(Cl)n1.C[O-].Clc1nc(Cl)nc(Cl)n1.I.[Li+]. The number of methoxy groups -OCH3 is 1. The predicted octanol–water partition coefficient (Wildman–Crippen LogP) is -0.383. The molecule has 0 radical (unpaired) electrons. The third-order valence-electron chi connectivity index (χ3n) is 1.30. The molecule has 0 spiro atoms. The Hall–Kier alpha value is 0.557. The molecule has 2 heterocycles. The van der Waals surface area contributed by atoms with Crippen molar-refractivity contribution in [3.05, 3.63) is 26.4 Å². The molecule has 2 aromatic rings. The van der Waals surface area contributed by atoms with Gasteiger partial charge in [0.2, 0.25) is 26.4 Å². The minimum atomic E-state index is 0. The van der Waals surface area contributed by atoms with E-state index in [2.05, 4.69) is 34.6 Å². The molecule has 0 aliphatic heterocycles. The van der Waals surface area contributed by atoms with Gasteiger partial charge in [-0.2, -0.15) is 37.0 Å². The van der Waals surface area contributed by atoms with Gasteiger partial charge in [-0.05, 0) is 58.0 Å². The number of hydrogen-bond acceptors (Lipinski definition) is 8. The molecule has 0 amide bonds. The maximum Gasteiger partial charge on any atom is 1.00 e. The van der Waals surface area contributed by atoms with Crippen LogP contribution in [0.15, 0.2) is 0 Å². The molecule has 2 rings (SSSR count). The van der Waals surface area contributed by atoms with Gasteiger partial charge in [-0.25, -0.2) is 0 Å². The van der Waals surface area contributed by atoms with Crippen LogP contribution in [0.5, 0.6) is 6.01 Å². The maximum atomic E-state index is 8.25. The van der Waals surface area contributed by atoms with Crippen LogP contribution in [0.25, 0.3) is 0 Å². The first-order valence-electron chi connectivity index (χ1n) is 4.65. The summed E-state index contributed by atoms with van der Waals surface area (Å²) in [5.41, 5.74) is 0. The number of rotatable bonds is 1. The van der Waals surface area contributed by atoms with Gasteiger partial charge in [0.25, 0.3) is 0 Å². The molecule has 23 heavy (non-hydrogen) atoms. The summed E-state index contributed by atoms with van der Waals surface area (Å²) in [5, 5.41) is 8.30. The van der Waals surface area contributed by atoms with Crippen LogP contribution in [0.3, 0.4) is 0 Å². The first-order valence-corrected chi connectivity index (χ1v) is 6.54. The van der Waals surface area contributed by atoms with Crippen molar-refractivity contribution < 1.29 is 28.7 Å². The third kappa shape index (κ3) is 13.5. The number of hydrogen-bond donors (Lipinski definition) is 0. The Labute approximate surface area is 185 Å². The molecule has 0 aliphatic carbocycles. The molecule has 0 saturated carbocycles. The fourth-order valence-corrected chi connectivity index (χ4v) is 1.66. The molecule has 0 bridgehead atoms. The Morgan fingerprint density at radius 1 is 0.652 bits per heavy atom. The molecule has 15 heteroatoms. The summed E-state index contributed by atoms with van der Waals surface area (Å²) < 4.78 is 4.64. The smallest absolute Gasteiger partial charge is 0.857 e. The second-order valence-corrected chi connectivity index (χ2v) is 4.19. The van der Waals surface area contributed by atoms with Crippen molar-refractivity contribution in [1.29, 1.82) is 0 Å². The predicted molar refractivity (Wildman–Crippen MR) is 92.6 cm³/mol. The molecule has 0 unspecified atom stereocenters. The zero-order valence-corrected chi connectivity index (χ0v) is 17.9. The topological polar surface area (TPSA) is 110 Å². The van der Waals surface area contributed by atoms with Crippen molar-refractivity contribution in [2.24, 2.45) is 0 Å². The van der Waals surface area contributed by atoms with Crippen molar-refractivity contribution in [3.8, 4) is 6.01 Å². The van der Waals surface area contributed by atoms with E-state index in [-0.39, 0.29) is 75.3 Å². The van der Waals surface area contributed by atoms with E-state index in [0.717, 1.165) is 7.11 Å². The quantitative estimate of drug-likeness (QED) is 0.363. The van der Waals surface area contributed by atoms with Crippen LogP contribution in [-0.2, 0) is 0 Å². The molecular formula is C8H7Cl5ILiN6O2. The molecule has 0 saturated heterocycles. The van der Waals surface area contributed by atoms with Gasteiger partial charge in [0.1, 0.15) is 0 Å². The first-order chi connectivity index (χ1) is 9.90. The third-order valence-corrected chi connectivity index (χ3v) is 2.14. The molecule has 0 fully saturated rings. The normalized spacial score (nSPS) is 8.17. The van der Waals surface area contributed by atoms with Crippen LogP contribution in [0.4, 0.5) is 0 Å². The van der Waals surface area contributed by atoms with Crippen LogP contribution in [0, 0.1) is 0 Å². The summed E-state index contributed by atoms with van der Waals surface area (Å²) in [6.45, 7) is 0. The van der Waals surface area contributed by atoms with Gasteiger partial charge in [0.05, 0.1) is 7.11 Å². The van der Waals surface area contributed by atoms with Gasteiger partial charge in [0, 0.05) is 0 Å². The van der Waals surface area contributed by atoms with E-state index in [1.807, 2.05) is 0 Å². The Morgan fingerprint density at radius 2 is 0.870 bits per heavy atom.